The van der Waals surface area contributed by atoms with E-state index >= 15 is 0 Å². The monoisotopic (exact) mass is 321 g/mol. The van der Waals surface area contributed by atoms with Crippen LogP contribution in [0.3, 0.4) is 0 Å². The van der Waals surface area contributed by atoms with Gasteiger partial charge in [0.1, 0.15) is 0 Å². The molecule has 0 radical (unpaired) electrons. The maximum atomic E-state index is 12.6. The topological polar surface area (TPSA) is 76.4 Å². The first-order chi connectivity index (χ1) is 10.8. The summed E-state index contributed by atoms with van der Waals surface area (Å²) in [6, 6.07) is 10.3. The summed E-state index contributed by atoms with van der Waals surface area (Å²) >= 11 is 0. The zero-order valence-electron chi connectivity index (χ0n) is 11.5. The number of carbonyl (C=O) groups excluding carboxylic acids is 1. The van der Waals surface area contributed by atoms with Crippen molar-refractivity contribution in [2.24, 2.45) is 0 Å². The molecule has 0 fully saturated rings. The molecule has 2 amide bonds. The summed E-state index contributed by atoms with van der Waals surface area (Å²) in [6.45, 7) is 0. The van der Waals surface area contributed by atoms with Crippen LogP contribution in [-0.4, -0.2) is 11.2 Å². The molecule has 2 aromatic carbocycles. The number of nitrogens with one attached hydrogen (secondary N) is 1. The van der Waals surface area contributed by atoms with Crippen LogP contribution in [0.2, 0.25) is 0 Å². The van der Waals surface area contributed by atoms with E-state index in [1.165, 1.54) is 30.3 Å². The Morgan fingerprint density at radius 3 is 2.39 bits per heavy atom. The van der Waals surface area contributed by atoms with Gasteiger partial charge in [-0.25, -0.2) is 4.79 Å². The second-order valence-corrected chi connectivity index (χ2v) is 4.48. The molecule has 0 aliphatic carbocycles. The molecular weight excluding hydrogens is 311 g/mol. The van der Waals surface area contributed by atoms with Crippen molar-refractivity contribution in [3.05, 3.63) is 59.7 Å². The third-order valence-electron chi connectivity index (χ3n) is 2.87. The largest absolute Gasteiger partial charge is 0.416 e. The number of nitriles is 1. The van der Waals surface area contributed by atoms with Gasteiger partial charge in [-0.2, -0.15) is 23.5 Å². The lowest BCUT2D eigenvalue weighted by Gasteiger charge is -2.16. The number of hydroxylamine groups is 1. The van der Waals surface area contributed by atoms with Gasteiger partial charge in [-0.3, -0.25) is 5.21 Å². The molecule has 2 rings (SSSR count). The highest BCUT2D eigenvalue weighted by molar-refractivity contribution is 5.99. The number of amides is 2. The molecule has 2 N–H and O–H groups in total. The first-order valence-corrected chi connectivity index (χ1v) is 6.28. The van der Waals surface area contributed by atoms with Gasteiger partial charge in [0, 0.05) is 5.69 Å². The summed E-state index contributed by atoms with van der Waals surface area (Å²) in [6.07, 6.45) is -4.53. The Hall–Kier alpha value is -3.05. The molecule has 23 heavy (non-hydrogen) atoms. The van der Waals surface area contributed by atoms with E-state index in [4.69, 9.17) is 5.26 Å². The van der Waals surface area contributed by atoms with Gasteiger partial charge in [-0.05, 0) is 42.5 Å². The molecule has 2 aromatic rings. The lowest BCUT2D eigenvalue weighted by atomic mass is 10.2. The molecular formula is C15H10F3N3O2. The predicted molar refractivity (Wildman–Crippen MR) is 75.9 cm³/mol. The van der Waals surface area contributed by atoms with Crippen molar-refractivity contribution in [1.82, 2.24) is 0 Å². The molecule has 0 aliphatic rings. The van der Waals surface area contributed by atoms with E-state index in [1.54, 1.807) is 0 Å². The van der Waals surface area contributed by atoms with Crippen LogP contribution in [0.1, 0.15) is 11.1 Å². The van der Waals surface area contributed by atoms with E-state index in [0.29, 0.717) is 5.56 Å². The number of carbonyl (C=O) groups is 1. The molecule has 0 saturated carbocycles. The number of alkyl halides is 3. The Morgan fingerprint density at radius 1 is 1.17 bits per heavy atom. The molecule has 118 valence electrons. The SMILES string of the molecule is N#Cc1ccc(N(O)C(=O)Nc2cccc(C(F)(F)F)c2)cc1. The van der Waals surface area contributed by atoms with Gasteiger partial charge in [-0.15, -0.1) is 0 Å². The van der Waals surface area contributed by atoms with E-state index in [0.717, 1.165) is 18.2 Å². The van der Waals surface area contributed by atoms with Crippen LogP contribution in [0.15, 0.2) is 48.5 Å². The summed E-state index contributed by atoms with van der Waals surface area (Å²) < 4.78 is 37.8. The molecule has 0 saturated heterocycles. The lowest BCUT2D eigenvalue weighted by molar-refractivity contribution is -0.137. The maximum Gasteiger partial charge on any atom is 0.416 e. The van der Waals surface area contributed by atoms with E-state index in [9.17, 15) is 23.2 Å². The van der Waals surface area contributed by atoms with Crippen LogP contribution >= 0.6 is 0 Å². The van der Waals surface area contributed by atoms with E-state index < -0.39 is 17.8 Å². The van der Waals surface area contributed by atoms with Gasteiger partial charge in [0.2, 0.25) is 0 Å². The molecule has 0 unspecified atom stereocenters. The molecule has 0 atom stereocenters. The molecule has 0 heterocycles. The van der Waals surface area contributed by atoms with Gasteiger partial charge in [0.25, 0.3) is 0 Å². The predicted octanol–water partition coefficient (Wildman–Crippen LogP) is 4.00. The van der Waals surface area contributed by atoms with Crippen LogP contribution in [0.5, 0.6) is 0 Å². The van der Waals surface area contributed by atoms with Crippen LogP contribution in [0.4, 0.5) is 29.3 Å². The van der Waals surface area contributed by atoms with Crippen LogP contribution in [-0.2, 0) is 6.18 Å². The highest BCUT2D eigenvalue weighted by Gasteiger charge is 2.30. The van der Waals surface area contributed by atoms with Crippen LogP contribution in [0, 0.1) is 11.3 Å². The van der Waals surface area contributed by atoms with Crippen molar-refractivity contribution < 1.29 is 23.2 Å². The minimum Gasteiger partial charge on any atom is -0.306 e. The van der Waals surface area contributed by atoms with E-state index in [1.807, 2.05) is 6.07 Å². The first-order valence-electron chi connectivity index (χ1n) is 6.28. The van der Waals surface area contributed by atoms with Crippen molar-refractivity contribution in [3.8, 4) is 6.07 Å². The molecule has 0 aliphatic heterocycles. The average molecular weight is 321 g/mol. The van der Waals surface area contributed by atoms with E-state index in [-0.39, 0.29) is 16.4 Å². The Bertz CT molecular complexity index is 752. The molecule has 0 bridgehead atoms. The highest BCUT2D eigenvalue weighted by atomic mass is 19.4. The summed E-state index contributed by atoms with van der Waals surface area (Å²) in [4.78, 5) is 11.8. The van der Waals surface area contributed by atoms with Gasteiger partial charge in [0.05, 0.1) is 22.9 Å². The minimum absolute atomic E-state index is 0.0634. The summed E-state index contributed by atoms with van der Waals surface area (Å²) in [5.74, 6) is 0. The second kappa shape index (κ2) is 6.37. The fourth-order valence-corrected chi connectivity index (χ4v) is 1.74. The van der Waals surface area contributed by atoms with Gasteiger partial charge < -0.3 is 5.32 Å². The number of benzene rings is 2. The second-order valence-electron chi connectivity index (χ2n) is 4.48. The summed E-state index contributed by atoms with van der Waals surface area (Å²) in [5, 5.41) is 20.8. The smallest absolute Gasteiger partial charge is 0.306 e. The molecule has 8 heteroatoms. The lowest BCUT2D eigenvalue weighted by Crippen LogP contribution is -2.31. The number of anilines is 2. The first kappa shape index (κ1) is 16.3. The number of halogens is 3. The Balaban J connectivity index is 2.13. The third kappa shape index (κ3) is 3.99. The molecule has 0 spiro atoms. The van der Waals surface area contributed by atoms with Crippen molar-refractivity contribution in [2.45, 2.75) is 6.18 Å². The number of rotatable bonds is 2. The van der Waals surface area contributed by atoms with Crippen molar-refractivity contribution in [3.63, 3.8) is 0 Å². The summed E-state index contributed by atoms with van der Waals surface area (Å²) in [7, 11) is 0. The van der Waals surface area contributed by atoms with Gasteiger partial charge in [-0.1, -0.05) is 6.07 Å². The molecule has 5 nitrogen and oxygen atoms in total. The van der Waals surface area contributed by atoms with Gasteiger partial charge >= 0.3 is 12.2 Å². The fraction of sp³-hybridized carbons (Fsp3) is 0.0667. The maximum absolute atomic E-state index is 12.6. The highest BCUT2D eigenvalue weighted by Crippen LogP contribution is 2.30. The number of nitrogens with zero attached hydrogens (tertiary/aromatic N) is 2. The third-order valence-corrected chi connectivity index (χ3v) is 2.87. The Morgan fingerprint density at radius 2 is 1.83 bits per heavy atom. The van der Waals surface area contributed by atoms with E-state index in [2.05, 4.69) is 5.32 Å². The zero-order valence-corrected chi connectivity index (χ0v) is 11.5. The zero-order chi connectivity index (χ0) is 17.0. The fourth-order valence-electron chi connectivity index (χ4n) is 1.74. The standard InChI is InChI=1S/C15H10F3N3O2/c16-15(17,18)11-2-1-3-12(8-11)20-14(22)21(23)13-6-4-10(9-19)5-7-13/h1-8,23H,(H,20,22). The van der Waals surface area contributed by atoms with Crippen LogP contribution in [0.25, 0.3) is 0 Å². The average Bonchev–Trinajstić information content (AvgIpc) is 2.53. The van der Waals surface area contributed by atoms with Crippen molar-refractivity contribution in [1.29, 1.82) is 5.26 Å². The normalized spacial score (nSPS) is 10.7. The number of urea groups is 1. The Kier molecular flexibility index (Phi) is 4.52. The van der Waals surface area contributed by atoms with Crippen molar-refractivity contribution in [2.75, 3.05) is 10.4 Å². The van der Waals surface area contributed by atoms with Crippen molar-refractivity contribution >= 4 is 17.4 Å². The molecule has 0 aromatic heterocycles. The number of hydrogen-bond acceptors (Lipinski definition) is 3. The van der Waals surface area contributed by atoms with Crippen LogP contribution < -0.4 is 10.4 Å². The summed E-state index contributed by atoms with van der Waals surface area (Å²) in [5.41, 5.74) is -0.635. The minimum atomic E-state index is -4.53. The Labute approximate surface area is 129 Å². The number of hydrogen-bond donors (Lipinski definition) is 2. The van der Waals surface area contributed by atoms with Gasteiger partial charge in [0.15, 0.2) is 0 Å². The quantitative estimate of drug-likeness (QED) is 0.648.